The molecule has 1 atom stereocenters. The second kappa shape index (κ2) is 5.45. The molecule has 0 aromatic heterocycles. The quantitative estimate of drug-likeness (QED) is 0.620. The summed E-state index contributed by atoms with van der Waals surface area (Å²) in [4.78, 5) is 31.3. The van der Waals surface area contributed by atoms with Crippen LogP contribution in [0.15, 0.2) is 53.8 Å². The fraction of sp³-hybridized carbons (Fsp3) is 0.350. The van der Waals surface area contributed by atoms with E-state index in [0.717, 1.165) is 11.1 Å². The van der Waals surface area contributed by atoms with Gasteiger partial charge in [-0.25, -0.2) is 4.85 Å². The van der Waals surface area contributed by atoms with Gasteiger partial charge in [0.1, 0.15) is 5.41 Å². The number of carbonyl (C=O) groups excluding carboxylic acids is 2. The van der Waals surface area contributed by atoms with Gasteiger partial charge in [-0.1, -0.05) is 56.3 Å². The van der Waals surface area contributed by atoms with Gasteiger partial charge in [0, 0.05) is 18.5 Å². The van der Waals surface area contributed by atoms with Crippen LogP contribution in [0.3, 0.4) is 0 Å². The summed E-state index contributed by atoms with van der Waals surface area (Å²) in [6, 6.07) is 9.46. The Bertz CT molecular complexity index is 812. The minimum atomic E-state index is -1.06. The number of nitrogens with zero attached hydrogens (tertiary/aromatic N) is 2. The van der Waals surface area contributed by atoms with Crippen LogP contribution in [-0.2, 0) is 15.0 Å². The lowest BCUT2D eigenvalue weighted by Gasteiger charge is -2.48. The molecule has 1 aliphatic heterocycles. The fourth-order valence-corrected chi connectivity index (χ4v) is 3.83. The SMILES string of the molecule is [C-]#[N+]C1=C[C@]2(c3ccccc3)C(=O)N(CC)CC=C2C(C)(C)C1=O. The number of allylic oxidation sites excluding steroid dienone is 1. The van der Waals surface area contributed by atoms with E-state index in [2.05, 4.69) is 4.85 Å². The normalized spacial score (nSPS) is 25.5. The Kier molecular flexibility index (Phi) is 3.68. The molecule has 0 fully saturated rings. The number of likely N-dealkylation sites (N-methyl/N-ethyl adjacent to an activating group) is 1. The summed E-state index contributed by atoms with van der Waals surface area (Å²) in [6.07, 6.45) is 3.58. The van der Waals surface area contributed by atoms with E-state index in [1.165, 1.54) is 0 Å². The minimum absolute atomic E-state index is 0.0484. The summed E-state index contributed by atoms with van der Waals surface area (Å²) < 4.78 is 0. The summed E-state index contributed by atoms with van der Waals surface area (Å²) >= 11 is 0. The molecule has 0 saturated heterocycles. The Hall–Kier alpha value is -2.67. The van der Waals surface area contributed by atoms with Crippen LogP contribution in [0.25, 0.3) is 4.85 Å². The van der Waals surface area contributed by atoms with Crippen LogP contribution < -0.4 is 0 Å². The van der Waals surface area contributed by atoms with Crippen LogP contribution in [0.4, 0.5) is 0 Å². The lowest BCUT2D eigenvalue weighted by atomic mass is 9.57. The first kappa shape index (κ1) is 16.2. The van der Waals surface area contributed by atoms with Gasteiger partial charge in [0.2, 0.25) is 11.6 Å². The van der Waals surface area contributed by atoms with Crippen molar-refractivity contribution < 1.29 is 9.59 Å². The molecule has 4 heteroatoms. The van der Waals surface area contributed by atoms with E-state index in [9.17, 15) is 9.59 Å². The molecule has 122 valence electrons. The average Bonchev–Trinajstić information content (AvgIpc) is 2.60. The zero-order valence-electron chi connectivity index (χ0n) is 14.2. The summed E-state index contributed by atoms with van der Waals surface area (Å²) in [5.41, 5.74) is -0.297. The van der Waals surface area contributed by atoms with Crippen molar-refractivity contribution in [3.8, 4) is 0 Å². The van der Waals surface area contributed by atoms with Crippen molar-refractivity contribution in [3.63, 3.8) is 0 Å². The van der Waals surface area contributed by atoms with Gasteiger partial charge in [-0.3, -0.25) is 4.79 Å². The van der Waals surface area contributed by atoms with Crippen LogP contribution in [0, 0.1) is 12.0 Å². The molecule has 1 heterocycles. The lowest BCUT2D eigenvalue weighted by Crippen LogP contribution is -2.56. The van der Waals surface area contributed by atoms with Crippen LogP contribution in [-0.4, -0.2) is 29.7 Å². The number of carbonyl (C=O) groups is 2. The third-order valence-electron chi connectivity index (χ3n) is 5.12. The van der Waals surface area contributed by atoms with Crippen molar-refractivity contribution in [3.05, 3.63) is 70.7 Å². The van der Waals surface area contributed by atoms with Crippen LogP contribution in [0.1, 0.15) is 26.3 Å². The first-order chi connectivity index (χ1) is 11.4. The van der Waals surface area contributed by atoms with Gasteiger partial charge >= 0.3 is 0 Å². The predicted molar refractivity (Wildman–Crippen MR) is 91.9 cm³/mol. The van der Waals surface area contributed by atoms with Crippen molar-refractivity contribution >= 4 is 11.7 Å². The standard InChI is InChI=1S/C20H20N2O2/c1-5-22-12-11-16-19(2,3)17(23)15(21-4)13-20(16,18(22)24)14-9-7-6-8-10-14/h6-11,13H,5,12H2,1-3H3/t20-/m1/s1. The topological polar surface area (TPSA) is 41.7 Å². The molecule has 0 radical (unpaired) electrons. The summed E-state index contributed by atoms with van der Waals surface area (Å²) in [6.45, 7) is 14.1. The Balaban J connectivity index is 2.40. The minimum Gasteiger partial charge on any atom is -0.338 e. The molecule has 0 saturated carbocycles. The predicted octanol–water partition coefficient (Wildman–Crippen LogP) is 3.12. The molecule has 1 aromatic carbocycles. The Morgan fingerprint density at radius 2 is 1.88 bits per heavy atom. The summed E-state index contributed by atoms with van der Waals surface area (Å²) in [5, 5.41) is 0. The third kappa shape index (κ3) is 1.98. The monoisotopic (exact) mass is 320 g/mol. The van der Waals surface area contributed by atoms with E-state index >= 15 is 0 Å². The maximum atomic E-state index is 13.4. The molecule has 1 aromatic rings. The maximum Gasteiger partial charge on any atom is 0.240 e. The molecule has 3 rings (SSSR count). The Labute approximate surface area is 142 Å². The molecule has 1 amide bonds. The van der Waals surface area contributed by atoms with Crippen molar-refractivity contribution in [2.24, 2.45) is 5.41 Å². The molecule has 0 unspecified atom stereocenters. The van der Waals surface area contributed by atoms with Crippen molar-refractivity contribution in [1.82, 2.24) is 4.90 Å². The average molecular weight is 320 g/mol. The van der Waals surface area contributed by atoms with Gasteiger partial charge in [-0.05, 0) is 18.1 Å². The van der Waals surface area contributed by atoms with Crippen molar-refractivity contribution in [2.45, 2.75) is 26.2 Å². The smallest absolute Gasteiger partial charge is 0.240 e. The highest BCUT2D eigenvalue weighted by Gasteiger charge is 2.56. The highest BCUT2D eigenvalue weighted by atomic mass is 16.2. The zero-order chi connectivity index (χ0) is 17.5. The van der Waals surface area contributed by atoms with E-state index < -0.39 is 10.8 Å². The van der Waals surface area contributed by atoms with E-state index in [4.69, 9.17) is 6.57 Å². The van der Waals surface area contributed by atoms with E-state index in [1.54, 1.807) is 11.0 Å². The van der Waals surface area contributed by atoms with Crippen molar-refractivity contribution in [2.75, 3.05) is 13.1 Å². The van der Waals surface area contributed by atoms with Crippen LogP contribution in [0.2, 0.25) is 0 Å². The third-order valence-corrected chi connectivity index (χ3v) is 5.12. The first-order valence-corrected chi connectivity index (χ1v) is 8.10. The van der Waals surface area contributed by atoms with Gasteiger partial charge in [0.25, 0.3) is 0 Å². The highest BCUT2D eigenvalue weighted by Crippen LogP contribution is 2.51. The van der Waals surface area contributed by atoms with Crippen LogP contribution in [0.5, 0.6) is 0 Å². The molecule has 0 bridgehead atoms. The molecule has 0 spiro atoms. The molecular formula is C20H20N2O2. The van der Waals surface area contributed by atoms with E-state index in [-0.39, 0.29) is 17.4 Å². The van der Waals surface area contributed by atoms with Gasteiger partial charge < -0.3 is 9.69 Å². The van der Waals surface area contributed by atoms with E-state index in [0.29, 0.717) is 13.1 Å². The molecule has 1 aliphatic carbocycles. The number of amides is 1. The molecule has 0 N–H and O–H groups in total. The molecule has 2 aliphatic rings. The second-order valence-corrected chi connectivity index (χ2v) is 6.73. The number of hydrogen-bond acceptors (Lipinski definition) is 2. The van der Waals surface area contributed by atoms with E-state index in [1.807, 2.05) is 57.2 Å². The number of fused-ring (bicyclic) bond motifs is 1. The van der Waals surface area contributed by atoms with Gasteiger partial charge in [-0.15, -0.1) is 0 Å². The number of ketones is 1. The Morgan fingerprint density at radius 1 is 1.21 bits per heavy atom. The second-order valence-electron chi connectivity index (χ2n) is 6.73. The van der Waals surface area contributed by atoms with Crippen molar-refractivity contribution in [1.29, 1.82) is 0 Å². The fourth-order valence-electron chi connectivity index (χ4n) is 3.83. The largest absolute Gasteiger partial charge is 0.338 e. The highest BCUT2D eigenvalue weighted by molar-refractivity contribution is 6.10. The Morgan fingerprint density at radius 3 is 2.46 bits per heavy atom. The lowest BCUT2D eigenvalue weighted by molar-refractivity contribution is -0.136. The molecule has 4 nitrogen and oxygen atoms in total. The number of rotatable bonds is 2. The number of Topliss-reactive ketones (excluding diaryl/α,β-unsaturated/α-hetero) is 1. The number of benzene rings is 1. The first-order valence-electron chi connectivity index (χ1n) is 8.10. The maximum absolute atomic E-state index is 13.4. The van der Waals surface area contributed by atoms with Gasteiger partial charge in [-0.2, -0.15) is 0 Å². The summed E-state index contributed by atoms with van der Waals surface area (Å²) in [7, 11) is 0. The van der Waals surface area contributed by atoms with Crippen LogP contribution >= 0.6 is 0 Å². The zero-order valence-corrected chi connectivity index (χ0v) is 14.2. The summed E-state index contributed by atoms with van der Waals surface area (Å²) in [5.74, 6) is -0.275. The van der Waals surface area contributed by atoms with Gasteiger partial charge in [0.05, 0.1) is 6.57 Å². The number of hydrogen-bond donors (Lipinski definition) is 0. The van der Waals surface area contributed by atoms with Gasteiger partial charge in [0.15, 0.2) is 5.78 Å². The molecule has 24 heavy (non-hydrogen) atoms. The molecular weight excluding hydrogens is 300 g/mol.